The molecule has 0 spiro atoms. The Bertz CT molecular complexity index is 880. The number of aryl methyl sites for hydroxylation is 1. The lowest BCUT2D eigenvalue weighted by atomic mass is 10.1. The van der Waals surface area contributed by atoms with Crippen molar-refractivity contribution in [2.24, 2.45) is 7.05 Å². The number of nitrogens with one attached hydrogen (secondary N) is 1. The van der Waals surface area contributed by atoms with Crippen LogP contribution in [0.2, 0.25) is 0 Å². The van der Waals surface area contributed by atoms with Crippen LogP contribution in [0.3, 0.4) is 0 Å². The Morgan fingerprint density at radius 2 is 2.00 bits per heavy atom. The quantitative estimate of drug-likeness (QED) is 0.732. The van der Waals surface area contributed by atoms with Crippen molar-refractivity contribution in [3.8, 4) is 11.3 Å². The summed E-state index contributed by atoms with van der Waals surface area (Å²) in [6.45, 7) is 0. The lowest BCUT2D eigenvalue weighted by Crippen LogP contribution is -2.16. The van der Waals surface area contributed by atoms with Crippen LogP contribution in [0, 0.1) is 5.82 Å². The van der Waals surface area contributed by atoms with Crippen LogP contribution >= 0.6 is 11.8 Å². The highest BCUT2D eigenvalue weighted by Crippen LogP contribution is 2.31. The monoisotopic (exact) mass is 344 g/mol. The highest BCUT2D eigenvalue weighted by molar-refractivity contribution is 7.98. The van der Waals surface area contributed by atoms with Crippen LogP contribution in [-0.4, -0.2) is 37.4 Å². The number of pyridine rings is 1. The maximum absolute atomic E-state index is 13.1. The predicted octanol–water partition coefficient (Wildman–Crippen LogP) is 2.39. The number of halogens is 1. The zero-order chi connectivity index (χ0) is 17.1. The first kappa shape index (κ1) is 16.1. The van der Waals surface area contributed by atoms with E-state index in [4.69, 9.17) is 0 Å². The normalized spacial score (nSPS) is 10.6. The molecule has 0 aliphatic heterocycles. The number of thioether (sulfide) groups is 1. The van der Waals surface area contributed by atoms with Gasteiger partial charge in [0, 0.05) is 23.7 Å². The molecule has 122 valence electrons. The molecule has 1 amide bonds. The topological polar surface area (TPSA) is 85.6 Å². The molecule has 9 heteroatoms. The van der Waals surface area contributed by atoms with Gasteiger partial charge in [0.1, 0.15) is 5.82 Å². The maximum Gasteiger partial charge on any atom is 0.259 e. The second-order valence-electron chi connectivity index (χ2n) is 4.83. The number of benzene rings is 1. The van der Waals surface area contributed by atoms with Crippen molar-refractivity contribution < 1.29 is 9.18 Å². The lowest BCUT2D eigenvalue weighted by Gasteiger charge is -2.12. The van der Waals surface area contributed by atoms with E-state index in [1.54, 1.807) is 31.4 Å². The zero-order valence-corrected chi connectivity index (χ0v) is 13.7. The Kier molecular flexibility index (Phi) is 4.52. The fraction of sp³-hybridized carbons (Fsp3) is 0.133. The third-order valence-electron chi connectivity index (χ3n) is 3.32. The summed E-state index contributed by atoms with van der Waals surface area (Å²) in [5.41, 5.74) is 1.79. The van der Waals surface area contributed by atoms with Gasteiger partial charge in [-0.15, -0.1) is 11.8 Å². The zero-order valence-electron chi connectivity index (χ0n) is 12.9. The van der Waals surface area contributed by atoms with E-state index < -0.39 is 0 Å². The Labute approximate surface area is 141 Å². The minimum Gasteiger partial charge on any atom is -0.289 e. The molecule has 7 nitrogen and oxygen atoms in total. The smallest absolute Gasteiger partial charge is 0.259 e. The maximum atomic E-state index is 13.1. The lowest BCUT2D eigenvalue weighted by molar-refractivity contribution is 0.102. The molecule has 0 saturated carbocycles. The first-order chi connectivity index (χ1) is 11.6. The highest BCUT2D eigenvalue weighted by atomic mass is 32.2. The first-order valence-electron chi connectivity index (χ1n) is 6.93. The molecule has 1 N–H and O–H groups in total. The van der Waals surface area contributed by atoms with Gasteiger partial charge in [-0.2, -0.15) is 0 Å². The minimum atomic E-state index is -0.344. The van der Waals surface area contributed by atoms with E-state index in [0.717, 1.165) is 5.56 Å². The van der Waals surface area contributed by atoms with E-state index in [1.807, 2.05) is 6.26 Å². The molecule has 2 heterocycles. The molecule has 0 aliphatic rings. The summed E-state index contributed by atoms with van der Waals surface area (Å²) in [5.74, 6) is -0.427. The standard InChI is InChI=1S/C15H13FN6OS/c1-22-15(19-20-21-22)18-14(23)11-7-8-17-12(13(11)24-2)9-3-5-10(16)6-4-9/h3-8H,1-2H3,(H,18,19,21,23). The summed E-state index contributed by atoms with van der Waals surface area (Å²) in [7, 11) is 1.63. The molecule has 0 radical (unpaired) electrons. The number of aromatic nitrogens is 5. The van der Waals surface area contributed by atoms with Crippen LogP contribution in [0.4, 0.5) is 10.3 Å². The Balaban J connectivity index is 1.99. The fourth-order valence-corrected chi connectivity index (χ4v) is 2.90. The van der Waals surface area contributed by atoms with Gasteiger partial charge < -0.3 is 0 Å². The van der Waals surface area contributed by atoms with Gasteiger partial charge in [-0.25, -0.2) is 9.07 Å². The Morgan fingerprint density at radius 3 is 2.62 bits per heavy atom. The SMILES string of the molecule is CSc1c(C(=O)Nc2nnnn2C)ccnc1-c1ccc(F)cc1. The van der Waals surface area contributed by atoms with Crippen molar-refractivity contribution >= 4 is 23.6 Å². The van der Waals surface area contributed by atoms with E-state index in [9.17, 15) is 9.18 Å². The number of rotatable bonds is 4. The summed E-state index contributed by atoms with van der Waals surface area (Å²) in [4.78, 5) is 17.6. The van der Waals surface area contributed by atoms with Crippen LogP contribution in [0.25, 0.3) is 11.3 Å². The van der Waals surface area contributed by atoms with Gasteiger partial charge in [-0.3, -0.25) is 15.1 Å². The second kappa shape index (κ2) is 6.75. The third kappa shape index (κ3) is 3.11. The van der Waals surface area contributed by atoms with Gasteiger partial charge in [0.2, 0.25) is 5.95 Å². The number of hydrogen-bond acceptors (Lipinski definition) is 6. The highest BCUT2D eigenvalue weighted by Gasteiger charge is 2.18. The van der Waals surface area contributed by atoms with Crippen LogP contribution < -0.4 is 5.32 Å². The van der Waals surface area contributed by atoms with Crippen molar-refractivity contribution in [1.29, 1.82) is 0 Å². The van der Waals surface area contributed by atoms with Gasteiger partial charge in [0.05, 0.1) is 11.3 Å². The fourth-order valence-electron chi connectivity index (χ4n) is 2.15. The third-order valence-corrected chi connectivity index (χ3v) is 4.14. The van der Waals surface area contributed by atoms with Gasteiger partial charge in [-0.1, -0.05) is 5.10 Å². The molecule has 2 aromatic heterocycles. The van der Waals surface area contributed by atoms with Gasteiger partial charge in [-0.05, 0) is 47.0 Å². The number of carbonyl (C=O) groups excluding carboxylic acids is 1. The molecule has 0 atom stereocenters. The second-order valence-corrected chi connectivity index (χ2v) is 5.64. The van der Waals surface area contributed by atoms with Crippen molar-refractivity contribution in [3.05, 3.63) is 47.9 Å². The van der Waals surface area contributed by atoms with Gasteiger partial charge in [0.25, 0.3) is 5.91 Å². The molecule has 1 aromatic carbocycles. The van der Waals surface area contributed by atoms with Crippen LogP contribution in [-0.2, 0) is 7.05 Å². The van der Waals surface area contributed by atoms with E-state index in [2.05, 4.69) is 25.8 Å². The molecule has 0 bridgehead atoms. The molecule has 3 aromatic rings. The van der Waals surface area contributed by atoms with Crippen molar-refractivity contribution in [2.75, 3.05) is 11.6 Å². The minimum absolute atomic E-state index is 0.243. The number of hydrogen-bond donors (Lipinski definition) is 1. The summed E-state index contributed by atoms with van der Waals surface area (Å²) in [6.07, 6.45) is 3.40. The number of anilines is 1. The number of amides is 1. The van der Waals surface area contributed by atoms with E-state index in [1.165, 1.54) is 28.6 Å². The van der Waals surface area contributed by atoms with Gasteiger partial charge >= 0.3 is 0 Å². The summed E-state index contributed by atoms with van der Waals surface area (Å²) < 4.78 is 14.5. The Hall–Kier alpha value is -2.81. The van der Waals surface area contributed by atoms with Crippen LogP contribution in [0.15, 0.2) is 41.4 Å². The van der Waals surface area contributed by atoms with E-state index >= 15 is 0 Å². The van der Waals surface area contributed by atoms with Gasteiger partial charge in [0.15, 0.2) is 0 Å². The molecule has 0 unspecified atom stereocenters. The molecule has 0 saturated heterocycles. The average molecular weight is 344 g/mol. The Morgan fingerprint density at radius 1 is 1.25 bits per heavy atom. The van der Waals surface area contributed by atoms with E-state index in [-0.39, 0.29) is 17.7 Å². The molecule has 24 heavy (non-hydrogen) atoms. The predicted molar refractivity (Wildman–Crippen MR) is 88.2 cm³/mol. The summed E-state index contributed by atoms with van der Waals surface area (Å²) in [6, 6.07) is 7.60. The first-order valence-corrected chi connectivity index (χ1v) is 8.15. The van der Waals surface area contributed by atoms with Crippen molar-refractivity contribution in [3.63, 3.8) is 0 Å². The summed E-state index contributed by atoms with van der Waals surface area (Å²) >= 11 is 1.39. The molecule has 0 aliphatic carbocycles. The number of tetrazole rings is 1. The van der Waals surface area contributed by atoms with Crippen molar-refractivity contribution in [1.82, 2.24) is 25.2 Å². The van der Waals surface area contributed by atoms with Crippen molar-refractivity contribution in [2.45, 2.75) is 4.90 Å². The van der Waals surface area contributed by atoms with Crippen LogP contribution in [0.1, 0.15) is 10.4 Å². The number of carbonyl (C=O) groups is 1. The number of nitrogens with zero attached hydrogens (tertiary/aromatic N) is 5. The van der Waals surface area contributed by atoms with E-state index in [0.29, 0.717) is 16.2 Å². The largest absolute Gasteiger partial charge is 0.289 e. The molecule has 3 rings (SSSR count). The molecular formula is C15H13FN6OS. The molecule has 0 fully saturated rings. The average Bonchev–Trinajstić information content (AvgIpc) is 2.99. The van der Waals surface area contributed by atoms with Crippen LogP contribution in [0.5, 0.6) is 0 Å². The molecular weight excluding hydrogens is 331 g/mol. The summed E-state index contributed by atoms with van der Waals surface area (Å²) in [5, 5.41) is 13.5.